The molecule has 8 heteroatoms. The molecule has 1 heterocycles. The number of sulfonamides is 1. The van der Waals surface area contributed by atoms with Crippen LogP contribution in [0.1, 0.15) is 23.8 Å². The minimum absolute atomic E-state index is 0.0670. The van der Waals surface area contributed by atoms with Crippen molar-refractivity contribution in [3.63, 3.8) is 0 Å². The van der Waals surface area contributed by atoms with Crippen molar-refractivity contribution in [3.05, 3.63) is 65.2 Å². The van der Waals surface area contributed by atoms with Gasteiger partial charge in [-0.1, -0.05) is 17.7 Å². The van der Waals surface area contributed by atoms with E-state index in [1.165, 1.54) is 37.3 Å². The highest BCUT2D eigenvalue weighted by atomic mass is 32.2. The van der Waals surface area contributed by atoms with Gasteiger partial charge in [-0.2, -0.15) is 4.72 Å². The standard InChI is InChI=1S/C20H21FN2O4S/c1-12-4-7-16(8-5-12)28(25,26)23-14(3)20(24)22-11-19-13(2)17-10-15(21)6-9-18(17)27-19/h4-10,14,23H,11H2,1-3H3,(H,22,24)/t14-/m0/s1. The molecule has 28 heavy (non-hydrogen) atoms. The zero-order chi connectivity index (χ0) is 20.5. The topological polar surface area (TPSA) is 88.4 Å². The number of amides is 1. The summed E-state index contributed by atoms with van der Waals surface area (Å²) < 4.78 is 46.2. The summed E-state index contributed by atoms with van der Waals surface area (Å²) in [4.78, 5) is 12.4. The second kappa shape index (κ2) is 7.73. The lowest BCUT2D eigenvalue weighted by atomic mass is 10.1. The average molecular weight is 404 g/mol. The van der Waals surface area contributed by atoms with Crippen LogP contribution in [-0.2, 0) is 21.4 Å². The largest absolute Gasteiger partial charge is 0.459 e. The van der Waals surface area contributed by atoms with Gasteiger partial charge < -0.3 is 9.73 Å². The molecule has 148 valence electrons. The fourth-order valence-electron chi connectivity index (χ4n) is 2.80. The van der Waals surface area contributed by atoms with Gasteiger partial charge in [0.1, 0.15) is 17.2 Å². The fourth-order valence-corrected chi connectivity index (χ4v) is 4.01. The van der Waals surface area contributed by atoms with E-state index in [4.69, 9.17) is 4.42 Å². The van der Waals surface area contributed by atoms with E-state index in [1.54, 1.807) is 19.1 Å². The van der Waals surface area contributed by atoms with Crippen LogP contribution in [0.2, 0.25) is 0 Å². The van der Waals surface area contributed by atoms with E-state index in [0.29, 0.717) is 16.7 Å². The predicted octanol–water partition coefficient (Wildman–Crippen LogP) is 3.17. The molecule has 0 saturated heterocycles. The Morgan fingerprint density at radius 3 is 2.50 bits per heavy atom. The van der Waals surface area contributed by atoms with Crippen molar-refractivity contribution < 1.29 is 22.0 Å². The number of carbonyl (C=O) groups is 1. The van der Waals surface area contributed by atoms with E-state index < -0.39 is 22.0 Å². The molecule has 0 unspecified atom stereocenters. The molecule has 0 aliphatic carbocycles. The van der Waals surface area contributed by atoms with E-state index in [9.17, 15) is 17.6 Å². The minimum atomic E-state index is -3.81. The van der Waals surface area contributed by atoms with Crippen molar-refractivity contribution in [2.24, 2.45) is 0 Å². The van der Waals surface area contributed by atoms with E-state index in [-0.39, 0.29) is 17.3 Å². The SMILES string of the molecule is Cc1ccc(S(=O)(=O)N[C@@H](C)C(=O)NCc2oc3ccc(F)cc3c2C)cc1. The molecule has 0 fully saturated rings. The number of hydrogen-bond donors (Lipinski definition) is 2. The maximum absolute atomic E-state index is 13.4. The van der Waals surface area contributed by atoms with Crippen LogP contribution < -0.4 is 10.0 Å². The molecule has 0 bridgehead atoms. The summed E-state index contributed by atoms with van der Waals surface area (Å²) in [5, 5.41) is 3.28. The van der Waals surface area contributed by atoms with Gasteiger partial charge in [-0.3, -0.25) is 4.79 Å². The molecule has 3 rings (SSSR count). The third-order valence-corrected chi connectivity index (χ3v) is 6.03. The molecular formula is C20H21FN2O4S. The fraction of sp³-hybridized carbons (Fsp3) is 0.250. The van der Waals surface area contributed by atoms with Crippen LogP contribution in [-0.4, -0.2) is 20.4 Å². The van der Waals surface area contributed by atoms with Gasteiger partial charge in [-0.15, -0.1) is 0 Å². The minimum Gasteiger partial charge on any atom is -0.459 e. The van der Waals surface area contributed by atoms with E-state index in [2.05, 4.69) is 10.0 Å². The summed E-state index contributed by atoms with van der Waals surface area (Å²) in [6.45, 7) is 5.16. The Balaban J connectivity index is 1.66. The first-order valence-electron chi connectivity index (χ1n) is 8.71. The quantitative estimate of drug-likeness (QED) is 0.661. The Morgan fingerprint density at radius 2 is 1.82 bits per heavy atom. The molecule has 0 aliphatic heterocycles. The van der Waals surface area contributed by atoms with Crippen LogP contribution in [0.15, 0.2) is 51.8 Å². The van der Waals surface area contributed by atoms with Crippen LogP contribution in [0.5, 0.6) is 0 Å². The van der Waals surface area contributed by atoms with Gasteiger partial charge in [0.05, 0.1) is 17.5 Å². The zero-order valence-electron chi connectivity index (χ0n) is 15.7. The Morgan fingerprint density at radius 1 is 1.14 bits per heavy atom. The smallest absolute Gasteiger partial charge is 0.241 e. The first-order valence-corrected chi connectivity index (χ1v) is 10.2. The summed E-state index contributed by atoms with van der Waals surface area (Å²) >= 11 is 0. The predicted molar refractivity (Wildman–Crippen MR) is 104 cm³/mol. The van der Waals surface area contributed by atoms with Crippen LogP contribution in [0.4, 0.5) is 4.39 Å². The average Bonchev–Trinajstić information content (AvgIpc) is 2.95. The van der Waals surface area contributed by atoms with Crippen LogP contribution >= 0.6 is 0 Å². The maximum atomic E-state index is 13.4. The van der Waals surface area contributed by atoms with Crippen LogP contribution in [0.25, 0.3) is 11.0 Å². The van der Waals surface area contributed by atoms with Crippen molar-refractivity contribution in [3.8, 4) is 0 Å². The van der Waals surface area contributed by atoms with E-state index in [1.807, 2.05) is 6.92 Å². The summed E-state index contributed by atoms with van der Waals surface area (Å²) in [6, 6.07) is 9.57. The van der Waals surface area contributed by atoms with Gasteiger partial charge >= 0.3 is 0 Å². The molecule has 0 aliphatic rings. The number of rotatable bonds is 6. The molecule has 0 spiro atoms. The Hall–Kier alpha value is -2.71. The lowest BCUT2D eigenvalue weighted by molar-refractivity contribution is -0.122. The number of halogens is 1. The highest BCUT2D eigenvalue weighted by Crippen LogP contribution is 2.25. The van der Waals surface area contributed by atoms with E-state index >= 15 is 0 Å². The van der Waals surface area contributed by atoms with E-state index in [0.717, 1.165) is 11.1 Å². The normalized spacial score (nSPS) is 12.9. The van der Waals surface area contributed by atoms with Crippen molar-refractivity contribution in [2.75, 3.05) is 0 Å². The molecule has 1 atom stereocenters. The van der Waals surface area contributed by atoms with Crippen molar-refractivity contribution in [2.45, 2.75) is 38.3 Å². The number of furan rings is 1. The van der Waals surface area contributed by atoms with Crippen molar-refractivity contribution >= 4 is 26.9 Å². The van der Waals surface area contributed by atoms with Crippen LogP contribution in [0.3, 0.4) is 0 Å². The summed E-state index contributed by atoms with van der Waals surface area (Å²) in [7, 11) is -3.81. The molecule has 6 nitrogen and oxygen atoms in total. The van der Waals surface area contributed by atoms with Gasteiger partial charge in [0.25, 0.3) is 0 Å². The van der Waals surface area contributed by atoms with Crippen molar-refractivity contribution in [1.29, 1.82) is 0 Å². The highest BCUT2D eigenvalue weighted by Gasteiger charge is 2.22. The lowest BCUT2D eigenvalue weighted by Gasteiger charge is -2.14. The second-order valence-corrected chi connectivity index (χ2v) is 8.38. The number of benzene rings is 2. The molecule has 2 N–H and O–H groups in total. The summed E-state index contributed by atoms with van der Waals surface area (Å²) in [6.07, 6.45) is 0. The molecule has 0 radical (unpaired) electrons. The number of hydrogen-bond acceptors (Lipinski definition) is 4. The maximum Gasteiger partial charge on any atom is 0.241 e. The zero-order valence-corrected chi connectivity index (χ0v) is 16.6. The van der Waals surface area contributed by atoms with Gasteiger partial charge in [-0.25, -0.2) is 12.8 Å². The third-order valence-electron chi connectivity index (χ3n) is 4.48. The van der Waals surface area contributed by atoms with Crippen molar-refractivity contribution in [1.82, 2.24) is 10.0 Å². The van der Waals surface area contributed by atoms with Gasteiger partial charge in [0, 0.05) is 10.9 Å². The first kappa shape index (κ1) is 20.0. The molecule has 2 aromatic carbocycles. The molecule has 0 saturated carbocycles. The van der Waals surface area contributed by atoms with Gasteiger partial charge in [0.15, 0.2) is 0 Å². The third kappa shape index (κ3) is 4.23. The molecule has 1 amide bonds. The monoisotopic (exact) mass is 404 g/mol. The first-order chi connectivity index (χ1) is 13.2. The highest BCUT2D eigenvalue weighted by molar-refractivity contribution is 7.89. The lowest BCUT2D eigenvalue weighted by Crippen LogP contribution is -2.44. The summed E-state index contributed by atoms with van der Waals surface area (Å²) in [5.41, 5.74) is 2.18. The number of carbonyl (C=O) groups excluding carboxylic acids is 1. The number of fused-ring (bicyclic) bond motifs is 1. The molecule has 3 aromatic rings. The van der Waals surface area contributed by atoms with Gasteiger partial charge in [0.2, 0.25) is 15.9 Å². The Labute approximate surface area is 162 Å². The van der Waals surface area contributed by atoms with Crippen LogP contribution in [0, 0.1) is 19.7 Å². The Bertz CT molecular complexity index is 1120. The summed E-state index contributed by atoms with van der Waals surface area (Å²) in [5.74, 6) is -0.379. The Kier molecular flexibility index (Phi) is 5.53. The number of aryl methyl sites for hydroxylation is 2. The van der Waals surface area contributed by atoms with Gasteiger partial charge in [-0.05, 0) is 51.1 Å². The number of nitrogens with one attached hydrogen (secondary N) is 2. The molecule has 1 aromatic heterocycles. The molecular weight excluding hydrogens is 383 g/mol. The second-order valence-electron chi connectivity index (χ2n) is 6.66.